The highest BCUT2D eigenvalue weighted by Gasteiger charge is 2.19. The summed E-state index contributed by atoms with van der Waals surface area (Å²) in [6.45, 7) is 1.29. The number of nitro benzene ring substituents is 1. The molecule has 26 heavy (non-hydrogen) atoms. The molecule has 0 bridgehead atoms. The van der Waals surface area contributed by atoms with Gasteiger partial charge in [-0.2, -0.15) is 0 Å². The fourth-order valence-corrected chi connectivity index (χ4v) is 2.36. The van der Waals surface area contributed by atoms with Crippen molar-refractivity contribution >= 4 is 34.9 Å². The number of nitro groups is 1. The van der Waals surface area contributed by atoms with Gasteiger partial charge in [-0.3, -0.25) is 14.9 Å². The average molecular weight is 379 g/mol. The molecule has 0 saturated heterocycles. The van der Waals surface area contributed by atoms with E-state index in [1.807, 2.05) is 6.92 Å². The Kier molecular flexibility index (Phi) is 6.13. The summed E-state index contributed by atoms with van der Waals surface area (Å²) in [4.78, 5) is 34.2. The Morgan fingerprint density at radius 1 is 1.23 bits per heavy atom. The molecule has 2 aromatic carbocycles. The first-order valence-corrected chi connectivity index (χ1v) is 7.75. The summed E-state index contributed by atoms with van der Waals surface area (Å²) >= 11 is 6.01. The maximum absolute atomic E-state index is 12.0. The smallest absolute Gasteiger partial charge is 0.338 e. The quantitative estimate of drug-likeness (QED) is 0.469. The van der Waals surface area contributed by atoms with Crippen LogP contribution in [-0.4, -0.2) is 30.5 Å². The minimum absolute atomic E-state index is 0.0123. The van der Waals surface area contributed by atoms with Gasteiger partial charge >= 0.3 is 11.7 Å². The zero-order chi connectivity index (χ0) is 19.3. The molecule has 0 saturated carbocycles. The Morgan fingerprint density at radius 2 is 1.96 bits per heavy atom. The third kappa shape index (κ3) is 4.70. The van der Waals surface area contributed by atoms with Crippen LogP contribution in [0.2, 0.25) is 5.02 Å². The normalized spacial score (nSPS) is 10.1. The Bertz CT molecular complexity index is 868. The number of rotatable bonds is 6. The van der Waals surface area contributed by atoms with E-state index >= 15 is 0 Å². The Labute approximate surface area is 153 Å². The maximum Gasteiger partial charge on any atom is 0.338 e. The van der Waals surface area contributed by atoms with Gasteiger partial charge in [0.15, 0.2) is 12.4 Å². The maximum atomic E-state index is 12.0. The van der Waals surface area contributed by atoms with Gasteiger partial charge in [0.05, 0.1) is 28.3 Å². The van der Waals surface area contributed by atoms with Crippen LogP contribution in [0.15, 0.2) is 36.4 Å². The highest BCUT2D eigenvalue weighted by Crippen LogP contribution is 2.27. The second kappa shape index (κ2) is 8.30. The van der Waals surface area contributed by atoms with Crippen LogP contribution in [0.1, 0.15) is 15.9 Å². The van der Waals surface area contributed by atoms with Crippen molar-refractivity contribution in [3.63, 3.8) is 0 Å². The molecule has 0 spiro atoms. The molecule has 0 unspecified atom stereocenters. The molecular formula is C17H15ClN2O6. The van der Waals surface area contributed by atoms with E-state index in [-0.39, 0.29) is 17.0 Å². The second-order valence-corrected chi connectivity index (χ2v) is 5.66. The fourth-order valence-electron chi connectivity index (χ4n) is 2.08. The van der Waals surface area contributed by atoms with Gasteiger partial charge in [0.25, 0.3) is 5.91 Å². The number of benzene rings is 2. The lowest BCUT2D eigenvalue weighted by molar-refractivity contribution is -0.385. The molecule has 0 aromatic heterocycles. The monoisotopic (exact) mass is 378 g/mol. The lowest BCUT2D eigenvalue weighted by atomic mass is 10.2. The zero-order valence-electron chi connectivity index (χ0n) is 13.9. The van der Waals surface area contributed by atoms with Crippen molar-refractivity contribution in [3.8, 4) is 5.75 Å². The Hall–Kier alpha value is -3.13. The number of amides is 1. The first-order chi connectivity index (χ1) is 12.3. The predicted octanol–water partition coefficient (Wildman–Crippen LogP) is 3.36. The van der Waals surface area contributed by atoms with Crippen molar-refractivity contribution in [1.29, 1.82) is 0 Å². The third-order valence-electron chi connectivity index (χ3n) is 3.34. The summed E-state index contributed by atoms with van der Waals surface area (Å²) in [5, 5.41) is 13.9. The van der Waals surface area contributed by atoms with E-state index in [1.165, 1.54) is 19.2 Å². The molecule has 8 nitrogen and oxygen atoms in total. The van der Waals surface area contributed by atoms with E-state index < -0.39 is 23.4 Å². The molecule has 0 aliphatic heterocycles. The minimum atomic E-state index is -0.874. The number of ether oxygens (including phenoxy) is 2. The largest absolute Gasteiger partial charge is 0.490 e. The molecule has 1 amide bonds. The van der Waals surface area contributed by atoms with Crippen LogP contribution in [0.3, 0.4) is 0 Å². The van der Waals surface area contributed by atoms with E-state index in [0.29, 0.717) is 10.7 Å². The van der Waals surface area contributed by atoms with Crippen LogP contribution in [0.5, 0.6) is 5.75 Å². The van der Waals surface area contributed by atoms with Crippen molar-refractivity contribution < 1.29 is 24.0 Å². The van der Waals surface area contributed by atoms with E-state index in [2.05, 4.69) is 5.32 Å². The number of aryl methyl sites for hydroxylation is 1. The molecule has 1 N–H and O–H groups in total. The van der Waals surface area contributed by atoms with Gasteiger partial charge in [0, 0.05) is 6.07 Å². The lowest BCUT2D eigenvalue weighted by Crippen LogP contribution is -2.21. The van der Waals surface area contributed by atoms with Crippen LogP contribution in [-0.2, 0) is 9.53 Å². The summed E-state index contributed by atoms with van der Waals surface area (Å²) in [7, 11) is 1.28. The van der Waals surface area contributed by atoms with Gasteiger partial charge in [0.2, 0.25) is 0 Å². The molecule has 2 aromatic rings. The molecule has 0 heterocycles. The van der Waals surface area contributed by atoms with Gasteiger partial charge in [-0.05, 0) is 36.8 Å². The number of halogens is 1. The molecular weight excluding hydrogens is 364 g/mol. The van der Waals surface area contributed by atoms with Crippen molar-refractivity contribution in [2.24, 2.45) is 0 Å². The third-order valence-corrected chi connectivity index (χ3v) is 3.66. The molecule has 0 fully saturated rings. The van der Waals surface area contributed by atoms with Crippen molar-refractivity contribution in [2.45, 2.75) is 6.92 Å². The second-order valence-electron chi connectivity index (χ2n) is 5.25. The van der Waals surface area contributed by atoms with E-state index in [1.54, 1.807) is 18.2 Å². The molecule has 136 valence electrons. The first kappa shape index (κ1) is 19.2. The van der Waals surface area contributed by atoms with Crippen molar-refractivity contribution in [1.82, 2.24) is 0 Å². The molecule has 2 rings (SSSR count). The molecule has 0 aliphatic rings. The highest BCUT2D eigenvalue weighted by molar-refractivity contribution is 6.33. The fraction of sp³-hybridized carbons (Fsp3) is 0.176. The number of carbonyl (C=O) groups excluding carboxylic acids is 2. The van der Waals surface area contributed by atoms with Gasteiger partial charge in [-0.15, -0.1) is 0 Å². The number of methoxy groups -OCH3 is 1. The van der Waals surface area contributed by atoms with Crippen LogP contribution < -0.4 is 10.1 Å². The molecule has 0 aliphatic carbocycles. The van der Waals surface area contributed by atoms with Crippen LogP contribution in [0, 0.1) is 17.0 Å². The van der Waals surface area contributed by atoms with Gasteiger partial charge in [0.1, 0.15) is 0 Å². The zero-order valence-corrected chi connectivity index (χ0v) is 14.7. The number of nitrogens with one attached hydrogen (secondary N) is 1. The number of nitrogens with zero attached hydrogens (tertiary/aromatic N) is 1. The van der Waals surface area contributed by atoms with E-state index in [9.17, 15) is 19.7 Å². The van der Waals surface area contributed by atoms with E-state index in [4.69, 9.17) is 21.1 Å². The lowest BCUT2D eigenvalue weighted by Gasteiger charge is -2.09. The van der Waals surface area contributed by atoms with Crippen molar-refractivity contribution in [2.75, 3.05) is 19.0 Å². The number of hydrogen-bond acceptors (Lipinski definition) is 6. The number of hydrogen-bond donors (Lipinski definition) is 1. The summed E-state index contributed by atoms with van der Waals surface area (Å²) in [6.07, 6.45) is 0. The standard InChI is InChI=1S/C17H15ClN2O6/c1-10-3-5-13(12(18)7-10)19-16(21)9-26-17(22)11-4-6-15(25-2)14(8-11)20(23)24/h3-8H,9H2,1-2H3,(H,19,21). The van der Waals surface area contributed by atoms with Gasteiger partial charge < -0.3 is 14.8 Å². The molecule has 0 atom stereocenters. The summed E-state index contributed by atoms with van der Waals surface area (Å²) < 4.78 is 9.73. The summed E-state index contributed by atoms with van der Waals surface area (Å²) in [5.41, 5.74) is 0.871. The predicted molar refractivity (Wildman–Crippen MR) is 94.7 cm³/mol. The topological polar surface area (TPSA) is 108 Å². The first-order valence-electron chi connectivity index (χ1n) is 7.37. The number of esters is 1. The Balaban J connectivity index is 2.00. The van der Waals surface area contributed by atoms with Gasteiger partial charge in [-0.25, -0.2) is 4.79 Å². The average Bonchev–Trinajstić information content (AvgIpc) is 2.61. The van der Waals surface area contributed by atoms with Crippen LogP contribution in [0.4, 0.5) is 11.4 Å². The highest BCUT2D eigenvalue weighted by atomic mass is 35.5. The molecule has 0 radical (unpaired) electrons. The molecule has 9 heteroatoms. The summed E-state index contributed by atoms with van der Waals surface area (Å²) in [6, 6.07) is 8.69. The van der Waals surface area contributed by atoms with Crippen LogP contribution in [0.25, 0.3) is 0 Å². The number of anilines is 1. The van der Waals surface area contributed by atoms with E-state index in [0.717, 1.165) is 11.6 Å². The SMILES string of the molecule is COc1ccc(C(=O)OCC(=O)Nc2ccc(C)cc2Cl)cc1[N+](=O)[O-]. The Morgan fingerprint density at radius 3 is 2.58 bits per heavy atom. The minimum Gasteiger partial charge on any atom is -0.490 e. The summed E-state index contributed by atoms with van der Waals surface area (Å²) in [5.74, 6) is -1.45. The van der Waals surface area contributed by atoms with Gasteiger partial charge in [-0.1, -0.05) is 17.7 Å². The number of carbonyl (C=O) groups is 2. The van der Waals surface area contributed by atoms with Crippen molar-refractivity contribution in [3.05, 3.63) is 62.7 Å². The van der Waals surface area contributed by atoms with Crippen LogP contribution >= 0.6 is 11.6 Å².